The Morgan fingerprint density at radius 1 is 1.30 bits per heavy atom. The minimum absolute atomic E-state index is 0.199. The van der Waals surface area contributed by atoms with Crippen LogP contribution in [0, 0.1) is 13.8 Å². The average molecular weight is 266 g/mol. The van der Waals surface area contributed by atoms with Gasteiger partial charge in [0, 0.05) is 29.3 Å². The number of hydrazone groups is 1. The molecule has 2 aromatic heterocycles. The third kappa shape index (κ3) is 2.14. The number of nitrogens with one attached hydrogen (secondary N) is 2. The number of pyridine rings is 1. The molecular formula is C15H14N4O. The molecule has 0 aliphatic carbocycles. The SMILES string of the molecule is Cc1cc(C)c(/C=C2/C(=O)NN=C2c2cccnc2)[nH]1. The van der Waals surface area contributed by atoms with Crippen LogP contribution >= 0.6 is 0 Å². The van der Waals surface area contributed by atoms with Gasteiger partial charge in [-0.1, -0.05) is 0 Å². The van der Waals surface area contributed by atoms with E-state index in [0.717, 1.165) is 22.5 Å². The first-order valence-electron chi connectivity index (χ1n) is 6.32. The second-order valence-electron chi connectivity index (χ2n) is 4.75. The van der Waals surface area contributed by atoms with Crippen molar-refractivity contribution in [2.45, 2.75) is 13.8 Å². The normalized spacial score (nSPS) is 16.4. The molecule has 0 bridgehead atoms. The number of nitrogens with zero attached hydrogens (tertiary/aromatic N) is 2. The molecule has 0 fully saturated rings. The fourth-order valence-corrected chi connectivity index (χ4v) is 2.24. The van der Waals surface area contributed by atoms with Gasteiger partial charge >= 0.3 is 0 Å². The van der Waals surface area contributed by atoms with Crippen LogP contribution in [0.15, 0.2) is 41.3 Å². The zero-order chi connectivity index (χ0) is 14.1. The molecule has 0 aromatic carbocycles. The summed E-state index contributed by atoms with van der Waals surface area (Å²) < 4.78 is 0. The number of rotatable bonds is 2. The monoisotopic (exact) mass is 266 g/mol. The molecule has 0 radical (unpaired) electrons. The van der Waals surface area contributed by atoms with E-state index in [9.17, 15) is 4.79 Å². The molecule has 1 amide bonds. The van der Waals surface area contributed by atoms with Crippen molar-refractivity contribution in [1.29, 1.82) is 0 Å². The van der Waals surface area contributed by atoms with Gasteiger partial charge < -0.3 is 4.98 Å². The lowest BCUT2D eigenvalue weighted by Crippen LogP contribution is -2.13. The lowest BCUT2D eigenvalue weighted by molar-refractivity contribution is -0.116. The minimum Gasteiger partial charge on any atom is -0.359 e. The van der Waals surface area contributed by atoms with Gasteiger partial charge in [0.2, 0.25) is 0 Å². The van der Waals surface area contributed by atoms with Gasteiger partial charge in [-0.2, -0.15) is 5.10 Å². The number of aryl methyl sites for hydroxylation is 2. The third-order valence-corrected chi connectivity index (χ3v) is 3.18. The molecular weight excluding hydrogens is 252 g/mol. The van der Waals surface area contributed by atoms with Gasteiger partial charge in [-0.15, -0.1) is 0 Å². The zero-order valence-electron chi connectivity index (χ0n) is 11.3. The predicted molar refractivity (Wildman–Crippen MR) is 77.2 cm³/mol. The smallest absolute Gasteiger partial charge is 0.273 e. The summed E-state index contributed by atoms with van der Waals surface area (Å²) in [6, 6.07) is 5.75. The molecule has 100 valence electrons. The van der Waals surface area contributed by atoms with Crippen molar-refractivity contribution in [3.05, 3.63) is 58.7 Å². The molecule has 1 aliphatic rings. The van der Waals surface area contributed by atoms with Crippen LogP contribution in [0.5, 0.6) is 0 Å². The van der Waals surface area contributed by atoms with E-state index in [1.54, 1.807) is 12.4 Å². The fraction of sp³-hybridized carbons (Fsp3) is 0.133. The fourth-order valence-electron chi connectivity index (χ4n) is 2.24. The first-order chi connectivity index (χ1) is 9.65. The van der Waals surface area contributed by atoms with Crippen LogP contribution in [0.1, 0.15) is 22.5 Å². The first kappa shape index (κ1) is 12.3. The standard InChI is InChI=1S/C15H14N4O/c1-9-6-10(2)17-13(9)7-12-14(18-19-15(12)20)11-4-3-5-16-8-11/h3-8,17H,1-2H3,(H,19,20)/b12-7+. The summed E-state index contributed by atoms with van der Waals surface area (Å²) in [4.78, 5) is 19.3. The van der Waals surface area contributed by atoms with E-state index < -0.39 is 0 Å². The van der Waals surface area contributed by atoms with Crippen molar-refractivity contribution in [3.63, 3.8) is 0 Å². The highest BCUT2D eigenvalue weighted by Gasteiger charge is 2.24. The third-order valence-electron chi connectivity index (χ3n) is 3.18. The zero-order valence-corrected chi connectivity index (χ0v) is 11.3. The Bertz CT molecular complexity index is 726. The lowest BCUT2D eigenvalue weighted by atomic mass is 10.0. The number of aromatic amines is 1. The molecule has 1 aliphatic heterocycles. The molecule has 5 nitrogen and oxygen atoms in total. The van der Waals surface area contributed by atoms with E-state index in [-0.39, 0.29) is 5.91 Å². The number of carbonyl (C=O) groups is 1. The maximum Gasteiger partial charge on any atom is 0.273 e. The highest BCUT2D eigenvalue weighted by Crippen LogP contribution is 2.19. The van der Waals surface area contributed by atoms with E-state index in [2.05, 4.69) is 20.5 Å². The second-order valence-corrected chi connectivity index (χ2v) is 4.75. The van der Waals surface area contributed by atoms with Crippen LogP contribution in [0.4, 0.5) is 0 Å². The molecule has 3 rings (SSSR count). The minimum atomic E-state index is -0.199. The van der Waals surface area contributed by atoms with Gasteiger partial charge in [-0.25, -0.2) is 5.43 Å². The lowest BCUT2D eigenvalue weighted by Gasteiger charge is -2.01. The maximum absolute atomic E-state index is 12.0. The number of H-pyrrole nitrogens is 1. The molecule has 3 heterocycles. The Hall–Kier alpha value is -2.69. The molecule has 0 atom stereocenters. The summed E-state index contributed by atoms with van der Waals surface area (Å²) in [6.07, 6.45) is 5.21. The van der Waals surface area contributed by atoms with Crippen molar-refractivity contribution >= 4 is 17.7 Å². The van der Waals surface area contributed by atoms with Crippen LogP contribution in [0.25, 0.3) is 6.08 Å². The Morgan fingerprint density at radius 2 is 2.15 bits per heavy atom. The summed E-state index contributed by atoms with van der Waals surface area (Å²) in [6.45, 7) is 3.99. The summed E-state index contributed by atoms with van der Waals surface area (Å²) in [5, 5.41) is 4.10. The van der Waals surface area contributed by atoms with E-state index in [1.807, 2.05) is 38.1 Å². The molecule has 0 spiro atoms. The summed E-state index contributed by atoms with van der Waals surface area (Å²) in [5.41, 5.74) is 7.57. The summed E-state index contributed by atoms with van der Waals surface area (Å²) in [5.74, 6) is -0.199. The van der Waals surface area contributed by atoms with Crippen LogP contribution in [0.3, 0.4) is 0 Å². The summed E-state index contributed by atoms with van der Waals surface area (Å²) in [7, 11) is 0. The van der Waals surface area contributed by atoms with E-state index in [0.29, 0.717) is 11.3 Å². The number of amides is 1. The van der Waals surface area contributed by atoms with Crippen LogP contribution in [-0.4, -0.2) is 21.6 Å². The second kappa shape index (κ2) is 4.77. The molecule has 0 unspecified atom stereocenters. The van der Waals surface area contributed by atoms with Crippen molar-refractivity contribution in [2.75, 3.05) is 0 Å². The highest BCUT2D eigenvalue weighted by atomic mass is 16.2. The van der Waals surface area contributed by atoms with Crippen LogP contribution < -0.4 is 5.43 Å². The van der Waals surface area contributed by atoms with E-state index >= 15 is 0 Å². The van der Waals surface area contributed by atoms with E-state index in [1.165, 1.54) is 0 Å². The van der Waals surface area contributed by atoms with Crippen LogP contribution in [0.2, 0.25) is 0 Å². The Balaban J connectivity index is 2.05. The number of hydrogen-bond acceptors (Lipinski definition) is 3. The molecule has 0 saturated heterocycles. The Kier molecular flexibility index (Phi) is 2.95. The van der Waals surface area contributed by atoms with Gasteiger partial charge in [0.1, 0.15) is 5.71 Å². The average Bonchev–Trinajstić information content (AvgIpc) is 2.95. The van der Waals surface area contributed by atoms with Gasteiger partial charge in [-0.3, -0.25) is 9.78 Å². The first-order valence-corrected chi connectivity index (χ1v) is 6.32. The number of aromatic nitrogens is 2. The van der Waals surface area contributed by atoms with Crippen molar-refractivity contribution < 1.29 is 4.79 Å². The number of hydrogen-bond donors (Lipinski definition) is 2. The summed E-state index contributed by atoms with van der Waals surface area (Å²) >= 11 is 0. The predicted octanol–water partition coefficient (Wildman–Crippen LogP) is 1.94. The molecule has 5 heteroatoms. The molecule has 0 saturated carbocycles. The quantitative estimate of drug-likeness (QED) is 0.815. The highest BCUT2D eigenvalue weighted by molar-refractivity contribution is 6.33. The topological polar surface area (TPSA) is 70.1 Å². The Morgan fingerprint density at radius 3 is 2.80 bits per heavy atom. The molecule has 2 N–H and O–H groups in total. The largest absolute Gasteiger partial charge is 0.359 e. The van der Waals surface area contributed by atoms with Gasteiger partial charge in [0.15, 0.2) is 0 Å². The Labute approximate surface area is 116 Å². The van der Waals surface area contributed by atoms with Crippen molar-refractivity contribution in [1.82, 2.24) is 15.4 Å². The number of carbonyl (C=O) groups excluding carboxylic acids is 1. The molecule has 2 aromatic rings. The van der Waals surface area contributed by atoms with Gasteiger partial charge in [-0.05, 0) is 43.7 Å². The van der Waals surface area contributed by atoms with Gasteiger partial charge in [0.25, 0.3) is 5.91 Å². The van der Waals surface area contributed by atoms with Crippen molar-refractivity contribution in [2.24, 2.45) is 5.10 Å². The van der Waals surface area contributed by atoms with Gasteiger partial charge in [0.05, 0.1) is 5.57 Å². The van der Waals surface area contributed by atoms with Crippen molar-refractivity contribution in [3.8, 4) is 0 Å². The van der Waals surface area contributed by atoms with E-state index in [4.69, 9.17) is 0 Å². The molecule has 20 heavy (non-hydrogen) atoms. The maximum atomic E-state index is 12.0. The van der Waals surface area contributed by atoms with Crippen LogP contribution in [-0.2, 0) is 4.79 Å².